The minimum Gasteiger partial charge on any atom is -0.337 e. The molecule has 0 aliphatic carbocycles. The fourth-order valence-corrected chi connectivity index (χ4v) is 3.49. The highest BCUT2D eigenvalue weighted by atomic mass is 35.5. The second kappa shape index (κ2) is 8.18. The molecule has 2 N–H and O–H groups in total. The quantitative estimate of drug-likeness (QED) is 0.670. The molecule has 0 spiro atoms. The fourth-order valence-electron chi connectivity index (χ4n) is 3.37. The van der Waals surface area contributed by atoms with Crippen molar-refractivity contribution in [2.75, 3.05) is 18.9 Å². The van der Waals surface area contributed by atoms with Gasteiger partial charge in [0, 0.05) is 28.9 Å². The van der Waals surface area contributed by atoms with Crippen LogP contribution in [-0.2, 0) is 0 Å². The third kappa shape index (κ3) is 4.55. The molecule has 1 aliphatic rings. The van der Waals surface area contributed by atoms with Crippen molar-refractivity contribution in [1.29, 1.82) is 0 Å². The molecule has 7 nitrogen and oxygen atoms in total. The zero-order valence-corrected chi connectivity index (χ0v) is 16.4. The lowest BCUT2D eigenvalue weighted by Gasteiger charge is -2.14. The van der Waals surface area contributed by atoms with Crippen molar-refractivity contribution in [3.8, 4) is 11.4 Å². The third-order valence-electron chi connectivity index (χ3n) is 4.81. The van der Waals surface area contributed by atoms with Gasteiger partial charge in [0.05, 0.1) is 6.04 Å². The van der Waals surface area contributed by atoms with E-state index >= 15 is 0 Å². The van der Waals surface area contributed by atoms with Gasteiger partial charge in [-0.15, -0.1) is 0 Å². The summed E-state index contributed by atoms with van der Waals surface area (Å²) in [5.74, 6) is 0.554. The van der Waals surface area contributed by atoms with E-state index in [0.717, 1.165) is 0 Å². The molecule has 2 aromatic carbocycles. The minimum atomic E-state index is -0.321. The summed E-state index contributed by atoms with van der Waals surface area (Å²) in [4.78, 5) is 18.8. The number of rotatable bonds is 4. The van der Waals surface area contributed by atoms with Gasteiger partial charge in [-0.1, -0.05) is 16.8 Å². The summed E-state index contributed by atoms with van der Waals surface area (Å²) in [6.07, 6.45) is 0.635. The smallest absolute Gasteiger partial charge is 0.319 e. The van der Waals surface area contributed by atoms with E-state index in [0.29, 0.717) is 41.0 Å². The number of amides is 2. The van der Waals surface area contributed by atoms with Crippen LogP contribution in [0.5, 0.6) is 0 Å². The summed E-state index contributed by atoms with van der Waals surface area (Å²) < 4.78 is 18.5. The number of benzene rings is 2. The Balaban J connectivity index is 1.38. The molecule has 1 saturated heterocycles. The minimum absolute atomic E-state index is 0.0709. The SMILES string of the molecule is CN1CC(NC(=O)Nc2ccc(Cl)cc2)CC1c1nc(-c2ccc(F)cc2)no1. The molecule has 2 heterocycles. The Labute approximate surface area is 171 Å². The van der Waals surface area contributed by atoms with Gasteiger partial charge in [0.2, 0.25) is 11.7 Å². The molecule has 0 radical (unpaired) electrons. The molecule has 150 valence electrons. The molecule has 29 heavy (non-hydrogen) atoms. The maximum Gasteiger partial charge on any atom is 0.319 e. The first-order valence-corrected chi connectivity index (χ1v) is 9.48. The van der Waals surface area contributed by atoms with Crippen molar-refractivity contribution >= 4 is 23.3 Å². The molecule has 3 aromatic rings. The molecule has 2 atom stereocenters. The van der Waals surface area contributed by atoms with Crippen LogP contribution < -0.4 is 10.6 Å². The maximum atomic E-state index is 13.1. The molecule has 1 fully saturated rings. The predicted molar refractivity (Wildman–Crippen MR) is 107 cm³/mol. The number of carbonyl (C=O) groups excluding carboxylic acids is 1. The highest BCUT2D eigenvalue weighted by Crippen LogP contribution is 2.31. The second-order valence-corrected chi connectivity index (χ2v) is 7.39. The summed E-state index contributed by atoms with van der Waals surface area (Å²) in [7, 11) is 1.94. The summed E-state index contributed by atoms with van der Waals surface area (Å²) in [5, 5.41) is 10.4. The molecule has 1 aliphatic heterocycles. The van der Waals surface area contributed by atoms with Crippen molar-refractivity contribution in [3.63, 3.8) is 0 Å². The monoisotopic (exact) mass is 415 g/mol. The lowest BCUT2D eigenvalue weighted by atomic mass is 10.1. The van der Waals surface area contributed by atoms with Crippen molar-refractivity contribution in [1.82, 2.24) is 20.4 Å². The van der Waals surface area contributed by atoms with Crippen LogP contribution in [0.25, 0.3) is 11.4 Å². The Kier molecular flexibility index (Phi) is 5.46. The van der Waals surface area contributed by atoms with Gasteiger partial charge in [-0.3, -0.25) is 4.90 Å². The van der Waals surface area contributed by atoms with Crippen LogP contribution in [0, 0.1) is 5.82 Å². The molecule has 0 saturated carbocycles. The first-order valence-electron chi connectivity index (χ1n) is 9.11. The van der Waals surface area contributed by atoms with Crippen molar-refractivity contribution in [3.05, 3.63) is 65.3 Å². The van der Waals surface area contributed by atoms with Gasteiger partial charge in [0.1, 0.15) is 5.82 Å². The van der Waals surface area contributed by atoms with E-state index in [9.17, 15) is 9.18 Å². The molecule has 2 amide bonds. The number of urea groups is 1. The lowest BCUT2D eigenvalue weighted by molar-refractivity contribution is 0.243. The largest absolute Gasteiger partial charge is 0.337 e. The van der Waals surface area contributed by atoms with Crippen molar-refractivity contribution in [2.45, 2.75) is 18.5 Å². The molecule has 1 aromatic heterocycles. The van der Waals surface area contributed by atoms with Gasteiger partial charge in [-0.25, -0.2) is 9.18 Å². The predicted octanol–water partition coefficient (Wildman–Crippen LogP) is 4.10. The van der Waals surface area contributed by atoms with Gasteiger partial charge >= 0.3 is 6.03 Å². The van der Waals surface area contributed by atoms with Crippen LogP contribution in [0.1, 0.15) is 18.4 Å². The summed E-state index contributed by atoms with van der Waals surface area (Å²) >= 11 is 5.85. The van der Waals surface area contributed by atoms with Crippen LogP contribution in [0.4, 0.5) is 14.9 Å². The molecule has 9 heteroatoms. The maximum absolute atomic E-state index is 13.1. The summed E-state index contributed by atoms with van der Waals surface area (Å²) in [5.41, 5.74) is 1.34. The number of carbonyl (C=O) groups is 1. The van der Waals surface area contributed by atoms with Crippen molar-refractivity contribution < 1.29 is 13.7 Å². The van der Waals surface area contributed by atoms with E-state index in [1.165, 1.54) is 12.1 Å². The van der Waals surface area contributed by atoms with Crippen LogP contribution in [0.15, 0.2) is 53.1 Å². The number of likely N-dealkylation sites (tertiary alicyclic amines) is 1. The third-order valence-corrected chi connectivity index (χ3v) is 5.07. The second-order valence-electron chi connectivity index (χ2n) is 6.96. The Morgan fingerprint density at radius 1 is 1.21 bits per heavy atom. The number of anilines is 1. The van der Waals surface area contributed by atoms with E-state index in [2.05, 4.69) is 25.7 Å². The standard InChI is InChI=1S/C20H19ClFN5O2/c1-27-11-16(24-20(28)23-15-8-4-13(21)5-9-15)10-17(27)19-25-18(26-29-19)12-2-6-14(22)7-3-12/h2-9,16-17H,10-11H2,1H3,(H2,23,24,28). The molecular formula is C20H19ClFN5O2. The van der Waals surface area contributed by atoms with Crippen LogP contribution in [-0.4, -0.2) is 40.7 Å². The topological polar surface area (TPSA) is 83.3 Å². The fraction of sp³-hybridized carbons (Fsp3) is 0.250. The van der Waals surface area contributed by atoms with Crippen molar-refractivity contribution in [2.24, 2.45) is 0 Å². The number of hydrogen-bond acceptors (Lipinski definition) is 5. The van der Waals surface area contributed by atoms with Crippen LogP contribution in [0.3, 0.4) is 0 Å². The Hall–Kier alpha value is -2.97. The number of aromatic nitrogens is 2. The zero-order chi connectivity index (χ0) is 20.4. The molecular weight excluding hydrogens is 397 g/mol. The number of halogens is 2. The van der Waals surface area contributed by atoms with E-state index < -0.39 is 0 Å². The first kappa shape index (κ1) is 19.4. The zero-order valence-electron chi connectivity index (χ0n) is 15.6. The van der Waals surface area contributed by atoms with E-state index in [1.807, 2.05) is 7.05 Å². The number of nitrogens with zero attached hydrogens (tertiary/aromatic N) is 3. The highest BCUT2D eigenvalue weighted by molar-refractivity contribution is 6.30. The van der Waals surface area contributed by atoms with Crippen LogP contribution >= 0.6 is 11.6 Å². The Bertz CT molecular complexity index is 993. The molecule has 0 bridgehead atoms. The normalized spacial score (nSPS) is 19.3. The molecule has 4 rings (SSSR count). The van der Waals surface area contributed by atoms with Gasteiger partial charge in [0.15, 0.2) is 0 Å². The van der Waals surface area contributed by atoms with E-state index in [-0.39, 0.29) is 23.9 Å². The van der Waals surface area contributed by atoms with Gasteiger partial charge < -0.3 is 15.2 Å². The Morgan fingerprint density at radius 2 is 1.93 bits per heavy atom. The van der Waals surface area contributed by atoms with Crippen LogP contribution in [0.2, 0.25) is 5.02 Å². The lowest BCUT2D eigenvalue weighted by Crippen LogP contribution is -2.39. The van der Waals surface area contributed by atoms with E-state index in [1.54, 1.807) is 36.4 Å². The molecule has 2 unspecified atom stereocenters. The Morgan fingerprint density at radius 3 is 2.66 bits per heavy atom. The summed E-state index contributed by atoms with van der Waals surface area (Å²) in [6.45, 7) is 0.646. The van der Waals surface area contributed by atoms with Gasteiger partial charge in [-0.2, -0.15) is 4.98 Å². The number of likely N-dealkylation sites (N-methyl/N-ethyl adjacent to an activating group) is 1. The van der Waals surface area contributed by atoms with Gasteiger partial charge in [-0.05, 0) is 62.0 Å². The van der Waals surface area contributed by atoms with Gasteiger partial charge in [0.25, 0.3) is 0 Å². The number of hydrogen-bond donors (Lipinski definition) is 2. The average molecular weight is 416 g/mol. The highest BCUT2D eigenvalue weighted by Gasteiger charge is 2.35. The first-order chi connectivity index (χ1) is 14.0. The average Bonchev–Trinajstić information content (AvgIpc) is 3.31. The summed E-state index contributed by atoms with van der Waals surface area (Å²) in [6, 6.07) is 12.3. The number of nitrogens with one attached hydrogen (secondary N) is 2. The van der Waals surface area contributed by atoms with E-state index in [4.69, 9.17) is 16.1 Å².